The SMILES string of the molecule is CC(C1CCCCC1)C1(N)CCCCC1(N)N. The van der Waals surface area contributed by atoms with Gasteiger partial charge in [-0.1, -0.05) is 51.9 Å². The molecule has 0 saturated heterocycles. The van der Waals surface area contributed by atoms with Crippen LogP contribution in [0.15, 0.2) is 0 Å². The quantitative estimate of drug-likeness (QED) is 0.646. The smallest absolute Gasteiger partial charge is 0.0824 e. The van der Waals surface area contributed by atoms with Crippen LogP contribution < -0.4 is 17.2 Å². The first kappa shape index (κ1) is 13.3. The summed E-state index contributed by atoms with van der Waals surface area (Å²) in [5.74, 6) is 1.19. The molecule has 0 spiro atoms. The number of hydrogen-bond acceptors (Lipinski definition) is 3. The average Bonchev–Trinajstić information content (AvgIpc) is 2.33. The van der Waals surface area contributed by atoms with E-state index in [-0.39, 0.29) is 5.54 Å². The van der Waals surface area contributed by atoms with Crippen LogP contribution in [0.2, 0.25) is 0 Å². The molecule has 0 aromatic carbocycles. The Balaban J connectivity index is 2.11. The van der Waals surface area contributed by atoms with Crippen molar-refractivity contribution >= 4 is 0 Å². The molecule has 0 heterocycles. The van der Waals surface area contributed by atoms with E-state index in [2.05, 4.69) is 6.92 Å². The van der Waals surface area contributed by atoms with Gasteiger partial charge in [-0.05, 0) is 24.7 Å². The van der Waals surface area contributed by atoms with E-state index in [1.165, 1.54) is 38.5 Å². The zero-order chi connectivity index (χ0) is 12.5. The molecule has 3 heteroatoms. The van der Waals surface area contributed by atoms with Crippen LogP contribution in [-0.4, -0.2) is 11.2 Å². The van der Waals surface area contributed by atoms with E-state index in [1.54, 1.807) is 0 Å². The van der Waals surface area contributed by atoms with E-state index < -0.39 is 5.66 Å². The number of nitrogens with two attached hydrogens (primary N) is 3. The fourth-order valence-corrected chi connectivity index (χ4v) is 4.01. The fraction of sp³-hybridized carbons (Fsp3) is 1.00. The van der Waals surface area contributed by atoms with Crippen molar-refractivity contribution in [2.24, 2.45) is 29.0 Å². The van der Waals surface area contributed by atoms with E-state index in [4.69, 9.17) is 17.2 Å². The maximum atomic E-state index is 6.66. The summed E-state index contributed by atoms with van der Waals surface area (Å²) in [7, 11) is 0. The standard InChI is InChI=1S/C14H29N3/c1-11(12-7-3-2-4-8-12)13(15)9-5-6-10-14(13,16)17/h11-12H,2-10,15-17H2,1H3. The Bertz CT molecular complexity index is 258. The molecule has 0 aromatic rings. The van der Waals surface area contributed by atoms with Gasteiger partial charge in [0.05, 0.1) is 5.66 Å². The van der Waals surface area contributed by atoms with Gasteiger partial charge in [0.15, 0.2) is 0 Å². The molecule has 2 aliphatic rings. The molecule has 0 amide bonds. The molecule has 6 N–H and O–H groups in total. The molecule has 0 bridgehead atoms. The molecule has 2 saturated carbocycles. The van der Waals surface area contributed by atoms with Crippen molar-refractivity contribution in [3.05, 3.63) is 0 Å². The minimum Gasteiger partial charge on any atom is -0.322 e. The summed E-state index contributed by atoms with van der Waals surface area (Å²) < 4.78 is 0. The van der Waals surface area contributed by atoms with Gasteiger partial charge in [-0.15, -0.1) is 0 Å². The van der Waals surface area contributed by atoms with Gasteiger partial charge in [-0.3, -0.25) is 0 Å². The molecule has 2 unspecified atom stereocenters. The zero-order valence-electron chi connectivity index (χ0n) is 11.3. The number of hydrogen-bond donors (Lipinski definition) is 3. The van der Waals surface area contributed by atoms with Gasteiger partial charge < -0.3 is 17.2 Å². The molecule has 100 valence electrons. The van der Waals surface area contributed by atoms with Gasteiger partial charge in [0.2, 0.25) is 0 Å². The summed E-state index contributed by atoms with van der Waals surface area (Å²) in [5.41, 5.74) is 18.3. The van der Waals surface area contributed by atoms with Crippen molar-refractivity contribution < 1.29 is 0 Å². The Hall–Kier alpha value is -0.120. The van der Waals surface area contributed by atoms with Crippen LogP contribution in [0.1, 0.15) is 64.7 Å². The lowest BCUT2D eigenvalue weighted by molar-refractivity contribution is 0.0531. The summed E-state index contributed by atoms with van der Waals surface area (Å²) in [5, 5.41) is 0. The van der Waals surface area contributed by atoms with Gasteiger partial charge in [0.1, 0.15) is 0 Å². The summed E-state index contributed by atoms with van der Waals surface area (Å²) in [4.78, 5) is 0. The molecule has 2 fully saturated rings. The third kappa shape index (κ3) is 2.38. The lowest BCUT2D eigenvalue weighted by Crippen LogP contribution is -2.75. The molecule has 17 heavy (non-hydrogen) atoms. The second-order valence-corrected chi connectivity index (χ2v) is 6.47. The molecule has 0 radical (unpaired) electrons. The van der Waals surface area contributed by atoms with E-state index in [0.29, 0.717) is 5.92 Å². The predicted molar refractivity (Wildman–Crippen MR) is 72.2 cm³/mol. The first-order valence-electron chi connectivity index (χ1n) is 7.34. The topological polar surface area (TPSA) is 78.1 Å². The Labute approximate surface area is 105 Å². The van der Waals surface area contributed by atoms with Crippen LogP contribution in [0.3, 0.4) is 0 Å². The van der Waals surface area contributed by atoms with E-state index in [1.807, 2.05) is 0 Å². The third-order valence-corrected chi connectivity index (χ3v) is 5.47. The maximum absolute atomic E-state index is 6.66. The monoisotopic (exact) mass is 239 g/mol. The second-order valence-electron chi connectivity index (χ2n) is 6.47. The highest BCUT2D eigenvalue weighted by Gasteiger charge is 2.50. The van der Waals surface area contributed by atoms with Crippen LogP contribution in [0, 0.1) is 11.8 Å². The highest BCUT2D eigenvalue weighted by molar-refractivity contribution is 5.09. The Morgan fingerprint density at radius 3 is 2.06 bits per heavy atom. The molecule has 0 aliphatic heterocycles. The second kappa shape index (κ2) is 4.87. The molecular formula is C14H29N3. The Morgan fingerprint density at radius 2 is 1.47 bits per heavy atom. The van der Waals surface area contributed by atoms with Crippen molar-refractivity contribution in [2.45, 2.75) is 75.9 Å². The number of rotatable bonds is 2. The summed E-state index contributed by atoms with van der Waals surface area (Å²) >= 11 is 0. The van der Waals surface area contributed by atoms with Crippen LogP contribution in [0.5, 0.6) is 0 Å². The third-order valence-electron chi connectivity index (χ3n) is 5.47. The molecular weight excluding hydrogens is 210 g/mol. The molecule has 2 rings (SSSR count). The van der Waals surface area contributed by atoms with Crippen molar-refractivity contribution in [1.29, 1.82) is 0 Å². The van der Waals surface area contributed by atoms with Crippen molar-refractivity contribution in [2.75, 3.05) is 0 Å². The predicted octanol–water partition coefficient (Wildman–Crippen LogP) is 2.09. The maximum Gasteiger partial charge on any atom is 0.0824 e. The van der Waals surface area contributed by atoms with E-state index in [9.17, 15) is 0 Å². The summed E-state index contributed by atoms with van der Waals surface area (Å²) in [6.45, 7) is 2.29. The summed E-state index contributed by atoms with van der Waals surface area (Å²) in [6.07, 6.45) is 10.9. The van der Waals surface area contributed by atoms with Gasteiger partial charge >= 0.3 is 0 Å². The molecule has 2 atom stereocenters. The molecule has 2 aliphatic carbocycles. The van der Waals surface area contributed by atoms with Crippen molar-refractivity contribution in [3.63, 3.8) is 0 Å². The van der Waals surface area contributed by atoms with Gasteiger partial charge in [-0.25, -0.2) is 0 Å². The molecule has 0 aromatic heterocycles. The minimum atomic E-state index is -0.665. The molecule has 3 nitrogen and oxygen atoms in total. The zero-order valence-corrected chi connectivity index (χ0v) is 11.3. The lowest BCUT2D eigenvalue weighted by atomic mass is 9.61. The highest BCUT2D eigenvalue weighted by Crippen LogP contribution is 2.42. The summed E-state index contributed by atoms with van der Waals surface area (Å²) in [6, 6.07) is 0. The first-order valence-corrected chi connectivity index (χ1v) is 7.34. The van der Waals surface area contributed by atoms with Crippen LogP contribution in [0.4, 0.5) is 0 Å². The van der Waals surface area contributed by atoms with Gasteiger partial charge in [0, 0.05) is 5.54 Å². The lowest BCUT2D eigenvalue weighted by Gasteiger charge is -2.53. The van der Waals surface area contributed by atoms with E-state index >= 15 is 0 Å². The van der Waals surface area contributed by atoms with Crippen LogP contribution in [-0.2, 0) is 0 Å². The average molecular weight is 239 g/mol. The van der Waals surface area contributed by atoms with Crippen molar-refractivity contribution in [3.8, 4) is 0 Å². The largest absolute Gasteiger partial charge is 0.322 e. The fourth-order valence-electron chi connectivity index (χ4n) is 4.01. The van der Waals surface area contributed by atoms with Crippen LogP contribution in [0.25, 0.3) is 0 Å². The van der Waals surface area contributed by atoms with E-state index in [0.717, 1.165) is 25.2 Å². The van der Waals surface area contributed by atoms with Gasteiger partial charge in [0.25, 0.3) is 0 Å². The Morgan fingerprint density at radius 1 is 0.882 bits per heavy atom. The minimum absolute atomic E-state index is 0.354. The normalized spacial score (nSPS) is 36.7. The highest BCUT2D eigenvalue weighted by atomic mass is 15.1. The van der Waals surface area contributed by atoms with Gasteiger partial charge in [-0.2, -0.15) is 0 Å². The van der Waals surface area contributed by atoms with Crippen molar-refractivity contribution in [1.82, 2.24) is 0 Å². The first-order chi connectivity index (χ1) is 7.97. The Kier molecular flexibility index (Phi) is 3.81. The van der Waals surface area contributed by atoms with Crippen LogP contribution >= 0.6 is 0 Å².